The molecule has 1 atom stereocenters. The van der Waals surface area contributed by atoms with Gasteiger partial charge in [0, 0.05) is 6.20 Å². The van der Waals surface area contributed by atoms with Gasteiger partial charge < -0.3 is 5.11 Å². The van der Waals surface area contributed by atoms with Gasteiger partial charge in [-0.05, 0) is 29.9 Å². The molecule has 0 fully saturated rings. The second-order valence-corrected chi connectivity index (χ2v) is 5.27. The van der Waals surface area contributed by atoms with Crippen molar-refractivity contribution in [3.05, 3.63) is 24.4 Å². The zero-order valence-corrected chi connectivity index (χ0v) is 9.64. The van der Waals surface area contributed by atoms with Crippen LogP contribution in [0, 0.1) is 5.41 Å². The van der Waals surface area contributed by atoms with Crippen molar-refractivity contribution >= 4 is 33.3 Å². The van der Waals surface area contributed by atoms with Crippen LogP contribution in [0.2, 0.25) is 0 Å². The maximum absolute atomic E-state index is 10.5. The first-order valence-electron chi connectivity index (χ1n) is 4.17. The molecule has 1 aromatic heterocycles. The fraction of sp³-hybridized carbons (Fsp3) is 0.222. The fourth-order valence-corrected chi connectivity index (χ4v) is 2.73. The summed E-state index contributed by atoms with van der Waals surface area (Å²) < 4.78 is 0. The number of aliphatic carboxylic acids is 1. The van der Waals surface area contributed by atoms with Crippen molar-refractivity contribution in [3.63, 3.8) is 0 Å². The van der Waals surface area contributed by atoms with Gasteiger partial charge in [0.15, 0.2) is 0 Å². The Balaban J connectivity index is 2.44. The van der Waals surface area contributed by atoms with Crippen LogP contribution in [-0.2, 0) is 4.79 Å². The molecule has 0 radical (unpaired) electrons. The molecule has 0 aromatic carbocycles. The van der Waals surface area contributed by atoms with E-state index in [9.17, 15) is 4.79 Å². The molecule has 1 aromatic rings. The normalized spacial score (nSPS) is 12.1. The monoisotopic (exact) mass is 242 g/mol. The molecule has 0 spiro atoms. The van der Waals surface area contributed by atoms with E-state index < -0.39 is 5.97 Å². The summed E-state index contributed by atoms with van der Waals surface area (Å²) in [5.41, 5.74) is -0.288. The Hall–Kier alpha value is -1.01. The molecule has 2 N–H and O–H groups in total. The molecule has 0 aliphatic heterocycles. The first-order valence-corrected chi connectivity index (χ1v) is 6.38. The lowest BCUT2D eigenvalue weighted by Crippen LogP contribution is -2.21. The molecule has 0 aliphatic carbocycles. The third-order valence-electron chi connectivity index (χ3n) is 1.55. The minimum absolute atomic E-state index is 0.288. The van der Waals surface area contributed by atoms with Crippen molar-refractivity contribution in [2.75, 3.05) is 0 Å². The molecule has 0 saturated heterocycles. The largest absolute Gasteiger partial charge is 0.477 e. The van der Waals surface area contributed by atoms with Crippen molar-refractivity contribution in [2.45, 2.75) is 17.2 Å². The first kappa shape index (κ1) is 12.1. The number of nitrogens with zero attached hydrogens (tertiary/aromatic N) is 1. The lowest BCUT2D eigenvalue weighted by molar-refractivity contribution is -0.129. The maximum atomic E-state index is 10.5. The van der Waals surface area contributed by atoms with E-state index in [2.05, 4.69) is 4.98 Å². The van der Waals surface area contributed by atoms with Crippen molar-refractivity contribution in [2.24, 2.45) is 0 Å². The lowest BCUT2D eigenvalue weighted by atomic mass is 10.3. The molecule has 4 nitrogen and oxygen atoms in total. The van der Waals surface area contributed by atoms with E-state index >= 15 is 0 Å². The summed E-state index contributed by atoms with van der Waals surface area (Å²) in [6.45, 7) is 1.69. The van der Waals surface area contributed by atoms with E-state index in [1.165, 1.54) is 21.6 Å². The molecule has 0 aliphatic rings. The van der Waals surface area contributed by atoms with Crippen LogP contribution < -0.4 is 0 Å². The molecule has 15 heavy (non-hydrogen) atoms. The van der Waals surface area contributed by atoms with Crippen LogP contribution in [0.25, 0.3) is 0 Å². The SMILES string of the molecule is CC(SSc1ccccn1)C(=N)C(=O)O. The number of aromatic nitrogens is 1. The van der Waals surface area contributed by atoms with Crippen molar-refractivity contribution in [1.29, 1.82) is 5.41 Å². The summed E-state index contributed by atoms with van der Waals surface area (Å²) >= 11 is 0. The summed E-state index contributed by atoms with van der Waals surface area (Å²) in [6.07, 6.45) is 1.68. The molecule has 6 heteroatoms. The van der Waals surface area contributed by atoms with Crippen LogP contribution in [-0.4, -0.2) is 27.0 Å². The van der Waals surface area contributed by atoms with Gasteiger partial charge in [0.1, 0.15) is 10.7 Å². The lowest BCUT2D eigenvalue weighted by Gasteiger charge is -2.07. The highest BCUT2D eigenvalue weighted by atomic mass is 33.1. The second kappa shape index (κ2) is 5.77. The molecular weight excluding hydrogens is 232 g/mol. The van der Waals surface area contributed by atoms with Crippen molar-refractivity contribution < 1.29 is 9.90 Å². The predicted octanol–water partition coefficient (Wildman–Crippen LogP) is 2.31. The number of carboxylic acid groups (broad SMARTS) is 1. The highest BCUT2D eigenvalue weighted by molar-refractivity contribution is 8.77. The Morgan fingerprint density at radius 2 is 2.33 bits per heavy atom. The zero-order chi connectivity index (χ0) is 11.3. The van der Waals surface area contributed by atoms with Gasteiger partial charge in [0.05, 0.1) is 5.25 Å². The third-order valence-corrected chi connectivity index (χ3v) is 4.25. The van der Waals surface area contributed by atoms with E-state index in [1.54, 1.807) is 13.1 Å². The van der Waals surface area contributed by atoms with Gasteiger partial charge in [0.25, 0.3) is 0 Å². The smallest absolute Gasteiger partial charge is 0.350 e. The quantitative estimate of drug-likeness (QED) is 0.612. The van der Waals surface area contributed by atoms with Crippen LogP contribution in [0.5, 0.6) is 0 Å². The van der Waals surface area contributed by atoms with Gasteiger partial charge >= 0.3 is 5.97 Å². The standard InChI is InChI=1S/C9H10N2O2S2/c1-6(8(10)9(12)13)14-15-7-4-2-3-5-11-7/h2-6,10H,1H3,(H,12,13). The average Bonchev–Trinajstić information content (AvgIpc) is 2.26. The van der Waals surface area contributed by atoms with E-state index in [0.29, 0.717) is 0 Å². The molecule has 1 rings (SSSR count). The molecule has 1 heterocycles. The summed E-state index contributed by atoms with van der Waals surface area (Å²) in [5.74, 6) is -1.17. The number of nitrogens with one attached hydrogen (secondary N) is 1. The van der Waals surface area contributed by atoms with Crippen molar-refractivity contribution in [1.82, 2.24) is 4.98 Å². The molecule has 1 unspecified atom stereocenters. The van der Waals surface area contributed by atoms with E-state index in [0.717, 1.165) is 5.03 Å². The van der Waals surface area contributed by atoms with Crippen LogP contribution in [0.4, 0.5) is 0 Å². The number of hydrogen-bond acceptors (Lipinski definition) is 5. The van der Waals surface area contributed by atoms with Gasteiger partial charge in [-0.3, -0.25) is 5.41 Å². The topological polar surface area (TPSA) is 74.0 Å². The van der Waals surface area contributed by atoms with E-state index in [1.807, 2.05) is 18.2 Å². The number of hydrogen-bond donors (Lipinski definition) is 2. The fourth-order valence-electron chi connectivity index (χ4n) is 0.740. The van der Waals surface area contributed by atoms with Crippen LogP contribution in [0.15, 0.2) is 29.4 Å². The highest BCUT2D eigenvalue weighted by Gasteiger charge is 2.16. The summed E-state index contributed by atoms with van der Waals surface area (Å²) in [6, 6.07) is 5.52. The molecule has 0 saturated carbocycles. The predicted molar refractivity (Wildman–Crippen MR) is 62.5 cm³/mol. The van der Waals surface area contributed by atoms with Gasteiger partial charge in [-0.2, -0.15) is 0 Å². The zero-order valence-electron chi connectivity index (χ0n) is 8.01. The molecule has 0 amide bonds. The minimum Gasteiger partial charge on any atom is -0.477 e. The van der Waals surface area contributed by atoms with E-state index in [4.69, 9.17) is 10.5 Å². The van der Waals surface area contributed by atoms with E-state index in [-0.39, 0.29) is 11.0 Å². The molecule has 80 valence electrons. The Morgan fingerprint density at radius 1 is 1.60 bits per heavy atom. The van der Waals surface area contributed by atoms with Crippen molar-refractivity contribution in [3.8, 4) is 0 Å². The number of pyridine rings is 1. The van der Waals surface area contributed by atoms with Gasteiger partial charge in [0.2, 0.25) is 0 Å². The number of carboxylic acids is 1. The third kappa shape index (κ3) is 3.93. The van der Waals surface area contributed by atoms with Crippen LogP contribution in [0.1, 0.15) is 6.92 Å². The second-order valence-electron chi connectivity index (χ2n) is 2.71. The Labute approximate surface area is 95.4 Å². The molecule has 0 bridgehead atoms. The first-order chi connectivity index (χ1) is 7.11. The van der Waals surface area contributed by atoms with Crippen LogP contribution >= 0.6 is 21.6 Å². The van der Waals surface area contributed by atoms with Gasteiger partial charge in [-0.1, -0.05) is 16.9 Å². The van der Waals surface area contributed by atoms with Gasteiger partial charge in [-0.25, -0.2) is 9.78 Å². The Morgan fingerprint density at radius 3 is 2.87 bits per heavy atom. The number of rotatable bonds is 5. The summed E-state index contributed by atoms with van der Waals surface area (Å²) in [4.78, 5) is 14.6. The highest BCUT2D eigenvalue weighted by Crippen LogP contribution is 2.33. The Kier molecular flexibility index (Phi) is 4.64. The molecular formula is C9H10N2O2S2. The maximum Gasteiger partial charge on any atom is 0.350 e. The van der Waals surface area contributed by atoms with Gasteiger partial charge in [-0.15, -0.1) is 0 Å². The summed E-state index contributed by atoms with van der Waals surface area (Å²) in [5, 5.41) is 16.3. The Bertz CT molecular complexity index is 356. The average molecular weight is 242 g/mol. The summed E-state index contributed by atoms with van der Waals surface area (Å²) in [7, 11) is 2.69. The number of carbonyl (C=O) groups is 1. The van der Waals surface area contributed by atoms with Crippen LogP contribution in [0.3, 0.4) is 0 Å². The minimum atomic E-state index is -1.17.